The van der Waals surface area contributed by atoms with Crippen molar-refractivity contribution in [1.29, 1.82) is 0 Å². The number of aromatic nitrogens is 1. The van der Waals surface area contributed by atoms with Crippen LogP contribution in [-0.4, -0.2) is 51.1 Å². The van der Waals surface area contributed by atoms with Gasteiger partial charge in [-0.15, -0.1) is 0 Å². The summed E-state index contributed by atoms with van der Waals surface area (Å²) in [5.41, 5.74) is 0.368. The number of piperazine rings is 1. The van der Waals surface area contributed by atoms with E-state index in [4.69, 9.17) is 0 Å². The summed E-state index contributed by atoms with van der Waals surface area (Å²) in [6, 6.07) is 11.0. The summed E-state index contributed by atoms with van der Waals surface area (Å²) in [7, 11) is 0. The number of hydrogen-bond acceptors (Lipinski definition) is 4. The van der Waals surface area contributed by atoms with Crippen molar-refractivity contribution >= 4 is 6.08 Å². The Morgan fingerprint density at radius 1 is 1.13 bits per heavy atom. The number of rotatable bonds is 4. The van der Waals surface area contributed by atoms with Gasteiger partial charge in [-0.05, 0) is 32.4 Å². The third-order valence-corrected chi connectivity index (χ3v) is 5.43. The van der Waals surface area contributed by atoms with Crippen molar-refractivity contribution in [2.24, 2.45) is 0 Å². The van der Waals surface area contributed by atoms with Crippen LogP contribution in [0.2, 0.25) is 0 Å². The monoisotopic (exact) mass is 419 g/mol. The van der Waals surface area contributed by atoms with Gasteiger partial charge in [-0.3, -0.25) is 9.80 Å². The van der Waals surface area contributed by atoms with E-state index in [2.05, 4.69) is 47.7 Å². The molecule has 1 unspecified atom stereocenters. The molecule has 7 heteroatoms. The molecule has 1 aliphatic heterocycles. The van der Waals surface area contributed by atoms with E-state index >= 15 is 0 Å². The van der Waals surface area contributed by atoms with Crippen molar-refractivity contribution in [2.75, 3.05) is 19.6 Å². The molecule has 0 amide bonds. The van der Waals surface area contributed by atoms with E-state index in [-0.39, 0.29) is 17.1 Å². The van der Waals surface area contributed by atoms with Gasteiger partial charge in [0.15, 0.2) is 0 Å². The lowest BCUT2D eigenvalue weighted by atomic mass is 10.0. The lowest BCUT2D eigenvalue weighted by molar-refractivity contribution is -0.137. The Labute approximate surface area is 175 Å². The van der Waals surface area contributed by atoms with Gasteiger partial charge < -0.3 is 5.11 Å². The van der Waals surface area contributed by atoms with Crippen LogP contribution in [0.15, 0.2) is 48.7 Å². The van der Waals surface area contributed by atoms with Crippen molar-refractivity contribution in [1.82, 2.24) is 14.8 Å². The minimum absolute atomic E-state index is 0.00729. The third kappa shape index (κ3) is 5.61. The van der Waals surface area contributed by atoms with Crippen LogP contribution in [0.25, 0.3) is 6.08 Å². The lowest BCUT2D eigenvalue weighted by Gasteiger charge is -2.46. The number of benzene rings is 1. The van der Waals surface area contributed by atoms with Crippen molar-refractivity contribution in [3.05, 3.63) is 65.4 Å². The molecule has 2 heterocycles. The van der Waals surface area contributed by atoms with Gasteiger partial charge in [-0.25, -0.2) is 4.98 Å². The van der Waals surface area contributed by atoms with Gasteiger partial charge in [0.1, 0.15) is 0 Å². The Bertz CT molecular complexity index is 875. The van der Waals surface area contributed by atoms with E-state index in [1.807, 2.05) is 24.3 Å². The summed E-state index contributed by atoms with van der Waals surface area (Å²) in [4.78, 5) is 8.19. The average molecular weight is 419 g/mol. The second kappa shape index (κ2) is 8.78. The Balaban J connectivity index is 1.86. The maximum absolute atomic E-state index is 13.0. The van der Waals surface area contributed by atoms with Crippen LogP contribution in [0.5, 0.6) is 5.88 Å². The first-order chi connectivity index (χ1) is 14.0. The van der Waals surface area contributed by atoms with E-state index in [9.17, 15) is 18.3 Å². The van der Waals surface area contributed by atoms with Crippen LogP contribution in [-0.2, 0) is 12.7 Å². The number of alkyl halides is 3. The first-order valence-corrected chi connectivity index (χ1v) is 10.0. The number of halogens is 3. The topological polar surface area (TPSA) is 39.6 Å². The van der Waals surface area contributed by atoms with Crippen molar-refractivity contribution in [3.8, 4) is 5.88 Å². The van der Waals surface area contributed by atoms with Gasteiger partial charge in [0.2, 0.25) is 5.88 Å². The zero-order chi connectivity index (χ0) is 21.9. The van der Waals surface area contributed by atoms with Crippen LogP contribution in [0.1, 0.15) is 37.5 Å². The van der Waals surface area contributed by atoms with E-state index in [0.29, 0.717) is 6.20 Å². The molecule has 4 nitrogen and oxygen atoms in total. The molecular weight excluding hydrogens is 391 g/mol. The highest BCUT2D eigenvalue weighted by Gasteiger charge is 2.33. The lowest BCUT2D eigenvalue weighted by Crippen LogP contribution is -2.57. The number of hydrogen-bond donors (Lipinski definition) is 1. The fourth-order valence-electron chi connectivity index (χ4n) is 3.62. The van der Waals surface area contributed by atoms with Gasteiger partial charge in [0.05, 0.1) is 5.56 Å². The Kier molecular flexibility index (Phi) is 6.53. The highest BCUT2D eigenvalue weighted by atomic mass is 19.4. The Hall–Kier alpha value is -2.38. The number of pyridine rings is 1. The molecule has 0 spiro atoms. The van der Waals surface area contributed by atoms with Crippen molar-refractivity contribution in [2.45, 2.75) is 45.1 Å². The second-order valence-corrected chi connectivity index (χ2v) is 8.63. The molecule has 1 N–H and O–H groups in total. The van der Waals surface area contributed by atoms with Crippen molar-refractivity contribution in [3.63, 3.8) is 0 Å². The van der Waals surface area contributed by atoms with Crippen LogP contribution in [0.4, 0.5) is 13.2 Å². The standard InChI is InChI=1S/C23H28F3N3O/c1-22(2,3)29-12-11-28(15-17-7-5-4-6-8-17)20(16-29)10-9-18-13-19(23(24,25)26)14-27-21(18)30/h4-10,13-14,20H,11-12,15-16H2,1-3H3,(H,27,30). The van der Waals surface area contributed by atoms with Crippen LogP contribution in [0.3, 0.4) is 0 Å². The van der Waals surface area contributed by atoms with Gasteiger partial charge >= 0.3 is 6.18 Å². The molecule has 1 aliphatic rings. The van der Waals surface area contributed by atoms with Gasteiger partial charge in [-0.1, -0.05) is 42.5 Å². The third-order valence-electron chi connectivity index (χ3n) is 5.43. The molecule has 3 rings (SSSR count). The van der Waals surface area contributed by atoms with Crippen LogP contribution >= 0.6 is 0 Å². The van der Waals surface area contributed by atoms with E-state index < -0.39 is 17.6 Å². The van der Waals surface area contributed by atoms with Gasteiger partial charge in [0, 0.05) is 49.5 Å². The SMILES string of the molecule is CC(C)(C)N1CCN(Cc2ccccc2)C(C=Cc2cc(C(F)(F)F)cnc2O)C1. The fourth-order valence-corrected chi connectivity index (χ4v) is 3.62. The fraction of sp³-hybridized carbons (Fsp3) is 0.435. The summed E-state index contributed by atoms with van der Waals surface area (Å²) in [6.07, 6.45) is -0.434. The maximum Gasteiger partial charge on any atom is 0.417 e. The van der Waals surface area contributed by atoms with Gasteiger partial charge in [0.25, 0.3) is 0 Å². The molecular formula is C23H28F3N3O. The summed E-state index contributed by atoms with van der Waals surface area (Å²) in [5.74, 6) is -0.405. The minimum atomic E-state index is -4.50. The van der Waals surface area contributed by atoms with Crippen molar-refractivity contribution < 1.29 is 18.3 Å². The molecule has 0 saturated carbocycles. The molecule has 1 atom stereocenters. The number of aromatic hydroxyl groups is 1. The van der Waals surface area contributed by atoms with Crippen LogP contribution < -0.4 is 0 Å². The molecule has 1 aromatic heterocycles. The number of nitrogens with zero attached hydrogens (tertiary/aromatic N) is 3. The average Bonchev–Trinajstić information content (AvgIpc) is 2.67. The summed E-state index contributed by atoms with van der Waals surface area (Å²) in [5, 5.41) is 9.96. The molecule has 0 bridgehead atoms. The quantitative estimate of drug-likeness (QED) is 0.773. The van der Waals surface area contributed by atoms with Gasteiger partial charge in [-0.2, -0.15) is 13.2 Å². The summed E-state index contributed by atoms with van der Waals surface area (Å²) >= 11 is 0. The largest absolute Gasteiger partial charge is 0.493 e. The normalized spacial score (nSPS) is 19.5. The summed E-state index contributed by atoms with van der Waals surface area (Å²) < 4.78 is 39.1. The maximum atomic E-state index is 13.0. The predicted octanol–water partition coefficient (Wildman–Crippen LogP) is 4.80. The highest BCUT2D eigenvalue weighted by molar-refractivity contribution is 5.56. The molecule has 2 aromatic rings. The molecule has 0 radical (unpaired) electrons. The Morgan fingerprint density at radius 3 is 2.47 bits per heavy atom. The zero-order valence-corrected chi connectivity index (χ0v) is 17.5. The molecule has 1 fully saturated rings. The first-order valence-electron chi connectivity index (χ1n) is 10.0. The molecule has 1 aromatic carbocycles. The smallest absolute Gasteiger partial charge is 0.417 e. The predicted molar refractivity (Wildman–Crippen MR) is 112 cm³/mol. The zero-order valence-electron chi connectivity index (χ0n) is 17.5. The second-order valence-electron chi connectivity index (χ2n) is 8.63. The molecule has 162 valence electrons. The summed E-state index contributed by atoms with van der Waals surface area (Å²) in [6.45, 7) is 9.72. The first kappa shape index (κ1) is 22.3. The molecule has 0 aliphatic carbocycles. The van der Waals surface area contributed by atoms with E-state index in [1.54, 1.807) is 6.08 Å². The van der Waals surface area contributed by atoms with Crippen LogP contribution in [0, 0.1) is 0 Å². The highest BCUT2D eigenvalue weighted by Crippen LogP contribution is 2.31. The van der Waals surface area contributed by atoms with E-state index in [1.165, 1.54) is 5.56 Å². The minimum Gasteiger partial charge on any atom is -0.493 e. The molecule has 30 heavy (non-hydrogen) atoms. The molecule has 1 saturated heterocycles. The Morgan fingerprint density at radius 2 is 1.83 bits per heavy atom. The van der Waals surface area contributed by atoms with E-state index in [0.717, 1.165) is 32.2 Å².